The summed E-state index contributed by atoms with van der Waals surface area (Å²) in [5.74, 6) is -1.95. The van der Waals surface area contributed by atoms with Crippen molar-refractivity contribution in [3.05, 3.63) is 0 Å². The van der Waals surface area contributed by atoms with Crippen LogP contribution in [0.1, 0.15) is 39.0 Å². The van der Waals surface area contributed by atoms with Crippen LogP contribution in [0.4, 0.5) is 0 Å². The lowest BCUT2D eigenvalue weighted by atomic mass is 9.92. The summed E-state index contributed by atoms with van der Waals surface area (Å²) in [7, 11) is 1.24. The van der Waals surface area contributed by atoms with Crippen molar-refractivity contribution in [2.24, 2.45) is 0 Å². The van der Waals surface area contributed by atoms with E-state index in [1.54, 1.807) is 0 Å². The number of rotatable bonds is 7. The molecule has 1 aliphatic rings. The fourth-order valence-corrected chi connectivity index (χ4v) is 2.38. The van der Waals surface area contributed by atoms with E-state index in [4.69, 9.17) is 5.11 Å². The van der Waals surface area contributed by atoms with Crippen LogP contribution in [-0.4, -0.2) is 48.2 Å². The minimum Gasteiger partial charge on any atom is -0.480 e. The summed E-state index contributed by atoms with van der Waals surface area (Å²) in [6.45, 7) is 2.64. The molecular weight excluding hydrogens is 264 g/mol. The number of ether oxygens (including phenoxy) is 1. The van der Waals surface area contributed by atoms with Crippen molar-refractivity contribution in [1.29, 1.82) is 0 Å². The molecule has 2 atom stereocenters. The lowest BCUT2D eigenvalue weighted by Crippen LogP contribution is -2.56. The van der Waals surface area contributed by atoms with Crippen LogP contribution in [0.5, 0.6) is 0 Å². The number of esters is 1. The molecular formula is C13H22N2O5. The molecule has 1 saturated heterocycles. The molecule has 1 unspecified atom stereocenters. The average Bonchev–Trinajstić information content (AvgIpc) is 2.92. The number of carboxylic acid groups (broad SMARTS) is 1. The third-order valence-corrected chi connectivity index (χ3v) is 3.75. The normalized spacial score (nSPS) is 23.1. The van der Waals surface area contributed by atoms with Gasteiger partial charge in [0.2, 0.25) is 5.91 Å². The Kier molecular flexibility index (Phi) is 5.94. The molecule has 0 radical (unpaired) electrons. The number of methoxy groups -OCH3 is 1. The third-order valence-electron chi connectivity index (χ3n) is 3.75. The van der Waals surface area contributed by atoms with Crippen LogP contribution >= 0.6 is 0 Å². The van der Waals surface area contributed by atoms with Crippen LogP contribution in [0.3, 0.4) is 0 Å². The van der Waals surface area contributed by atoms with Crippen LogP contribution in [-0.2, 0) is 19.1 Å². The fraction of sp³-hybridized carbons (Fsp3) is 0.769. The highest BCUT2D eigenvalue weighted by atomic mass is 16.5. The van der Waals surface area contributed by atoms with Gasteiger partial charge in [0.05, 0.1) is 12.6 Å². The van der Waals surface area contributed by atoms with Gasteiger partial charge in [-0.3, -0.25) is 9.59 Å². The molecule has 20 heavy (non-hydrogen) atoms. The monoisotopic (exact) mass is 286 g/mol. The summed E-state index contributed by atoms with van der Waals surface area (Å²) in [5.41, 5.74) is -0.682. The number of hydrogen-bond donors (Lipinski definition) is 3. The van der Waals surface area contributed by atoms with E-state index in [0.29, 0.717) is 12.8 Å². The van der Waals surface area contributed by atoms with Crippen LogP contribution in [0.2, 0.25) is 0 Å². The molecule has 114 valence electrons. The second-order valence-electron chi connectivity index (χ2n) is 4.95. The maximum atomic E-state index is 12.3. The van der Waals surface area contributed by atoms with E-state index in [-0.39, 0.29) is 18.7 Å². The van der Waals surface area contributed by atoms with E-state index in [9.17, 15) is 14.4 Å². The van der Waals surface area contributed by atoms with Crippen LogP contribution in [0, 0.1) is 0 Å². The number of amides is 1. The minimum absolute atomic E-state index is 0.0214. The van der Waals surface area contributed by atoms with Gasteiger partial charge in [0.25, 0.3) is 0 Å². The Morgan fingerprint density at radius 2 is 2.15 bits per heavy atom. The second kappa shape index (κ2) is 7.23. The first-order valence-electron chi connectivity index (χ1n) is 6.81. The first-order chi connectivity index (χ1) is 9.45. The van der Waals surface area contributed by atoms with Gasteiger partial charge in [-0.1, -0.05) is 6.92 Å². The molecule has 0 aromatic carbocycles. The Morgan fingerprint density at radius 3 is 2.60 bits per heavy atom. The predicted octanol–water partition coefficient (Wildman–Crippen LogP) is 0.0412. The van der Waals surface area contributed by atoms with Crippen LogP contribution in [0.15, 0.2) is 0 Å². The van der Waals surface area contributed by atoms with E-state index in [0.717, 1.165) is 13.0 Å². The Morgan fingerprint density at radius 1 is 1.45 bits per heavy atom. The Bertz CT molecular complexity index is 377. The fourth-order valence-electron chi connectivity index (χ4n) is 2.38. The van der Waals surface area contributed by atoms with Crippen molar-refractivity contribution in [2.45, 2.75) is 50.6 Å². The van der Waals surface area contributed by atoms with E-state index in [2.05, 4.69) is 15.4 Å². The summed E-state index contributed by atoms with van der Waals surface area (Å²) in [6, 6.07) is -1.08. The van der Waals surface area contributed by atoms with Gasteiger partial charge in [-0.2, -0.15) is 0 Å². The molecule has 0 spiro atoms. The van der Waals surface area contributed by atoms with Gasteiger partial charge in [0.15, 0.2) is 0 Å². The van der Waals surface area contributed by atoms with E-state index in [1.807, 2.05) is 6.92 Å². The highest BCUT2D eigenvalue weighted by molar-refractivity contribution is 5.90. The molecule has 0 bridgehead atoms. The van der Waals surface area contributed by atoms with Crippen molar-refractivity contribution in [2.75, 3.05) is 13.7 Å². The number of carbonyl (C=O) groups is 3. The number of nitrogens with one attached hydrogen (secondary N) is 2. The highest BCUT2D eigenvalue weighted by Crippen LogP contribution is 2.23. The molecule has 7 nitrogen and oxygen atoms in total. The van der Waals surface area contributed by atoms with Gasteiger partial charge in [-0.15, -0.1) is 0 Å². The van der Waals surface area contributed by atoms with Crippen molar-refractivity contribution in [3.8, 4) is 0 Å². The molecule has 3 N–H and O–H groups in total. The second-order valence-corrected chi connectivity index (χ2v) is 4.95. The molecule has 1 heterocycles. The van der Waals surface area contributed by atoms with Crippen LogP contribution in [0.25, 0.3) is 0 Å². The minimum atomic E-state index is -1.15. The van der Waals surface area contributed by atoms with Gasteiger partial charge < -0.3 is 20.5 Å². The Balaban J connectivity index is 2.63. The highest BCUT2D eigenvalue weighted by Gasteiger charge is 2.40. The van der Waals surface area contributed by atoms with Crippen molar-refractivity contribution in [3.63, 3.8) is 0 Å². The zero-order valence-corrected chi connectivity index (χ0v) is 11.9. The van der Waals surface area contributed by atoms with Crippen molar-refractivity contribution >= 4 is 17.8 Å². The average molecular weight is 286 g/mol. The lowest BCUT2D eigenvalue weighted by Gasteiger charge is -2.28. The first kappa shape index (κ1) is 16.4. The largest absolute Gasteiger partial charge is 0.480 e. The molecule has 1 amide bonds. The van der Waals surface area contributed by atoms with Gasteiger partial charge in [-0.25, -0.2) is 4.79 Å². The molecule has 1 fully saturated rings. The zero-order chi connectivity index (χ0) is 15.2. The summed E-state index contributed by atoms with van der Waals surface area (Å²) in [5, 5.41) is 14.8. The predicted molar refractivity (Wildman–Crippen MR) is 71.1 cm³/mol. The first-order valence-corrected chi connectivity index (χ1v) is 6.81. The molecule has 0 aromatic rings. The number of carbonyl (C=O) groups excluding carboxylic acids is 2. The van der Waals surface area contributed by atoms with Crippen LogP contribution < -0.4 is 10.6 Å². The molecule has 0 saturated carbocycles. The molecule has 7 heteroatoms. The van der Waals surface area contributed by atoms with E-state index < -0.39 is 23.5 Å². The molecule has 0 aliphatic carbocycles. The van der Waals surface area contributed by atoms with Gasteiger partial charge in [-0.05, 0) is 32.2 Å². The number of aliphatic carboxylic acids is 1. The third kappa shape index (κ3) is 3.93. The molecule has 1 aliphatic heterocycles. The zero-order valence-electron chi connectivity index (χ0n) is 11.9. The van der Waals surface area contributed by atoms with Gasteiger partial charge in [0, 0.05) is 6.42 Å². The quantitative estimate of drug-likeness (QED) is 0.571. The van der Waals surface area contributed by atoms with Gasteiger partial charge in [0.1, 0.15) is 6.04 Å². The number of carboxylic acids is 1. The molecule has 1 rings (SSSR count). The topological polar surface area (TPSA) is 105 Å². The lowest BCUT2D eigenvalue weighted by molar-refractivity contribution is -0.144. The van der Waals surface area contributed by atoms with Crippen molar-refractivity contribution < 1.29 is 24.2 Å². The summed E-state index contributed by atoms with van der Waals surface area (Å²) in [6.07, 6.45) is 2.16. The summed E-state index contributed by atoms with van der Waals surface area (Å²) in [4.78, 5) is 34.5. The maximum absolute atomic E-state index is 12.3. The molecule has 0 aromatic heterocycles. The Hall–Kier alpha value is -1.63. The SMILES string of the molecule is CCC1(C(=O)N[C@H](CCC(=O)OC)C(=O)O)CCCN1. The maximum Gasteiger partial charge on any atom is 0.326 e. The summed E-state index contributed by atoms with van der Waals surface area (Å²) < 4.78 is 4.47. The van der Waals surface area contributed by atoms with E-state index >= 15 is 0 Å². The van der Waals surface area contributed by atoms with Crippen molar-refractivity contribution in [1.82, 2.24) is 10.6 Å². The van der Waals surface area contributed by atoms with Gasteiger partial charge >= 0.3 is 11.9 Å². The standard InChI is InChI=1S/C13H22N2O5/c1-3-13(7-4-8-14-13)12(19)15-9(11(17)18)5-6-10(16)20-2/h9,14H,3-8H2,1-2H3,(H,15,19)(H,17,18)/t9-,13?/m1/s1. The smallest absolute Gasteiger partial charge is 0.326 e. The summed E-state index contributed by atoms with van der Waals surface area (Å²) >= 11 is 0. The Labute approximate surface area is 118 Å². The number of hydrogen-bond acceptors (Lipinski definition) is 5. The van der Waals surface area contributed by atoms with E-state index in [1.165, 1.54) is 7.11 Å².